The van der Waals surface area contributed by atoms with Crippen molar-refractivity contribution in [3.05, 3.63) is 174 Å². The van der Waals surface area contributed by atoms with E-state index in [4.69, 9.17) is 10.1 Å². The molecule has 2 aromatic heterocycles. The third-order valence-corrected chi connectivity index (χ3v) is 11.4. The highest BCUT2D eigenvalue weighted by Crippen LogP contribution is 2.43. The predicted molar refractivity (Wildman–Crippen MR) is 246 cm³/mol. The molecule has 5 nitrogen and oxygen atoms in total. The van der Waals surface area contributed by atoms with Gasteiger partial charge in [-0.25, -0.2) is 9.67 Å². The van der Waals surface area contributed by atoms with Gasteiger partial charge in [0.25, 0.3) is 0 Å². The van der Waals surface area contributed by atoms with Crippen LogP contribution in [-0.2, 0) is 0 Å². The average Bonchev–Trinajstić information content (AvgIpc) is 3.92. The summed E-state index contributed by atoms with van der Waals surface area (Å²) >= 11 is 0. The minimum Gasteiger partial charge on any atom is -0.507 e. The zero-order valence-electron chi connectivity index (χ0n) is 35.5. The van der Waals surface area contributed by atoms with E-state index < -0.39 is 0 Å². The molecule has 0 radical (unpaired) electrons. The third-order valence-electron chi connectivity index (χ3n) is 11.4. The normalized spacial score (nSPS) is 11.7. The van der Waals surface area contributed by atoms with Crippen LogP contribution in [0.25, 0.3) is 67.5 Å². The lowest BCUT2D eigenvalue weighted by atomic mass is 9.84. The van der Waals surface area contributed by atoms with Gasteiger partial charge in [-0.1, -0.05) is 152 Å². The van der Waals surface area contributed by atoms with Crippen LogP contribution in [0.15, 0.2) is 152 Å². The highest BCUT2D eigenvalue weighted by molar-refractivity contribution is 5.79. The van der Waals surface area contributed by atoms with Gasteiger partial charge in [-0.15, -0.1) is 0 Å². The lowest BCUT2D eigenvalue weighted by Crippen LogP contribution is -2.08. The minimum atomic E-state index is 0.194. The van der Waals surface area contributed by atoms with Gasteiger partial charge in [0.05, 0.1) is 34.5 Å². The zero-order valence-corrected chi connectivity index (χ0v) is 35.5. The van der Waals surface area contributed by atoms with Crippen LogP contribution in [0.1, 0.15) is 101 Å². The van der Waals surface area contributed by atoms with E-state index in [-0.39, 0.29) is 17.6 Å². The molecule has 6 aromatic carbocycles. The van der Waals surface area contributed by atoms with Crippen molar-refractivity contribution in [3.8, 4) is 73.3 Å². The maximum atomic E-state index is 11.3. The van der Waals surface area contributed by atoms with E-state index in [0.717, 1.165) is 28.3 Å². The van der Waals surface area contributed by atoms with Crippen LogP contribution in [-0.4, -0.2) is 24.4 Å². The molecule has 0 saturated carbocycles. The Bertz CT molecular complexity index is 2680. The smallest absolute Gasteiger partial charge is 0.148 e. The van der Waals surface area contributed by atoms with Crippen LogP contribution in [0, 0.1) is 0 Å². The second kappa shape index (κ2) is 16.4. The number of nitrogens with zero attached hydrogens (tertiary/aromatic N) is 4. The van der Waals surface area contributed by atoms with Crippen molar-refractivity contribution >= 4 is 0 Å². The molecule has 0 amide bonds. The Kier molecular flexibility index (Phi) is 11.0. The number of hydrogen-bond donors (Lipinski definition) is 1. The van der Waals surface area contributed by atoms with Crippen LogP contribution < -0.4 is 0 Å². The number of aromatic nitrogens is 4. The summed E-state index contributed by atoms with van der Waals surface area (Å²) in [4.78, 5) is 5.36. The minimum absolute atomic E-state index is 0.194. The predicted octanol–water partition coefficient (Wildman–Crippen LogP) is 14.6. The van der Waals surface area contributed by atoms with E-state index >= 15 is 0 Å². The monoisotopic (exact) mass is 774 g/mol. The van der Waals surface area contributed by atoms with E-state index in [2.05, 4.69) is 186 Å². The van der Waals surface area contributed by atoms with Gasteiger partial charge in [0.15, 0.2) is 0 Å². The standard InChI is InChI=1S/C54H54N4O/c1-34(2)45-29-41(38-18-11-9-12-19-38)30-46(35(3)4)52(45)50-26-27-55-58(50)43-23-17-22-40(28-43)49-33-57(54(56-49)44-24-15-16-25-51(44)59)53-47(36(5)6)31-42(32-48(53)37(7)8)39-20-13-10-14-21-39/h9-37,59H,1-8H3. The molecule has 0 unspecified atom stereocenters. The molecule has 8 aromatic rings. The Hall–Kier alpha value is -6.46. The maximum absolute atomic E-state index is 11.3. The third kappa shape index (κ3) is 7.66. The molecule has 0 atom stereocenters. The number of phenols is 1. The van der Waals surface area contributed by atoms with Gasteiger partial charge >= 0.3 is 0 Å². The van der Waals surface area contributed by atoms with Crippen molar-refractivity contribution in [2.45, 2.75) is 79.1 Å². The summed E-state index contributed by atoms with van der Waals surface area (Å²) in [5.41, 5.74) is 16.7. The zero-order chi connectivity index (χ0) is 41.4. The molecule has 2 heterocycles. The van der Waals surface area contributed by atoms with E-state index in [1.807, 2.05) is 24.4 Å². The van der Waals surface area contributed by atoms with Gasteiger partial charge in [-0.3, -0.25) is 4.57 Å². The SMILES string of the molecule is CC(C)c1cc(-c2ccccc2)cc(C(C)C)c1-c1ccnn1-c1cccc(-c2cn(-c3c(C(C)C)cc(-c4ccccc4)cc3C(C)C)c(-c3ccccc3O)n2)c1. The Morgan fingerprint density at radius 3 is 1.54 bits per heavy atom. The fourth-order valence-electron chi connectivity index (χ4n) is 8.37. The van der Waals surface area contributed by atoms with Crippen LogP contribution in [0.3, 0.4) is 0 Å². The molecule has 1 N–H and O–H groups in total. The van der Waals surface area contributed by atoms with Crippen molar-refractivity contribution in [1.82, 2.24) is 19.3 Å². The average molecular weight is 775 g/mol. The summed E-state index contributed by atoms with van der Waals surface area (Å²) in [7, 11) is 0. The lowest BCUT2D eigenvalue weighted by molar-refractivity contribution is 0.477. The second-order valence-electron chi connectivity index (χ2n) is 16.9. The van der Waals surface area contributed by atoms with Crippen molar-refractivity contribution in [2.75, 3.05) is 0 Å². The number of para-hydroxylation sites is 1. The molecule has 0 aliphatic heterocycles. The first kappa shape index (κ1) is 39.4. The second-order valence-corrected chi connectivity index (χ2v) is 16.9. The van der Waals surface area contributed by atoms with Crippen LogP contribution in [0.4, 0.5) is 0 Å². The first-order chi connectivity index (χ1) is 28.5. The van der Waals surface area contributed by atoms with Gasteiger partial charge < -0.3 is 5.11 Å². The van der Waals surface area contributed by atoms with Crippen molar-refractivity contribution < 1.29 is 5.11 Å². The lowest BCUT2D eigenvalue weighted by Gasteiger charge is -2.24. The quantitative estimate of drug-likeness (QED) is 0.142. The summed E-state index contributed by atoms with van der Waals surface area (Å²) < 4.78 is 4.30. The van der Waals surface area contributed by atoms with Crippen LogP contribution >= 0.6 is 0 Å². The maximum Gasteiger partial charge on any atom is 0.148 e. The van der Waals surface area contributed by atoms with Crippen LogP contribution in [0.2, 0.25) is 0 Å². The van der Waals surface area contributed by atoms with Gasteiger partial charge in [-0.05, 0) is 111 Å². The number of benzene rings is 6. The molecule has 0 aliphatic carbocycles. The van der Waals surface area contributed by atoms with E-state index in [0.29, 0.717) is 23.2 Å². The molecule has 5 heteroatoms. The fraction of sp³-hybridized carbons (Fsp3) is 0.222. The van der Waals surface area contributed by atoms with Gasteiger partial charge in [-0.2, -0.15) is 5.10 Å². The fourth-order valence-corrected chi connectivity index (χ4v) is 8.37. The van der Waals surface area contributed by atoms with Gasteiger partial charge in [0.1, 0.15) is 11.6 Å². The summed E-state index contributed by atoms with van der Waals surface area (Å²) in [5.74, 6) is 1.94. The molecule has 8 rings (SSSR count). The van der Waals surface area contributed by atoms with Crippen molar-refractivity contribution in [2.24, 2.45) is 0 Å². The van der Waals surface area contributed by atoms with Crippen LogP contribution in [0.5, 0.6) is 5.75 Å². The van der Waals surface area contributed by atoms with Crippen molar-refractivity contribution in [3.63, 3.8) is 0 Å². The number of imidazole rings is 1. The Labute approximate surface area is 349 Å². The molecule has 59 heavy (non-hydrogen) atoms. The molecule has 0 bridgehead atoms. The summed E-state index contributed by atoms with van der Waals surface area (Å²) in [6.45, 7) is 18.1. The largest absolute Gasteiger partial charge is 0.507 e. The molecule has 0 spiro atoms. The summed E-state index contributed by atoms with van der Waals surface area (Å²) in [6.07, 6.45) is 4.06. The molecule has 0 fully saturated rings. The first-order valence-corrected chi connectivity index (χ1v) is 21.0. The number of phenolic OH excluding ortho intramolecular Hbond substituents is 1. The molecular weight excluding hydrogens is 721 g/mol. The number of rotatable bonds is 11. The highest BCUT2D eigenvalue weighted by atomic mass is 16.3. The highest BCUT2D eigenvalue weighted by Gasteiger charge is 2.25. The van der Waals surface area contributed by atoms with E-state index in [9.17, 15) is 5.11 Å². The topological polar surface area (TPSA) is 55.9 Å². The summed E-state index contributed by atoms with van der Waals surface area (Å²) in [6, 6.07) is 48.9. The van der Waals surface area contributed by atoms with Crippen molar-refractivity contribution in [1.29, 1.82) is 0 Å². The summed E-state index contributed by atoms with van der Waals surface area (Å²) in [5, 5.41) is 16.3. The van der Waals surface area contributed by atoms with E-state index in [1.54, 1.807) is 6.07 Å². The van der Waals surface area contributed by atoms with Gasteiger partial charge in [0.2, 0.25) is 0 Å². The number of aromatic hydroxyl groups is 1. The van der Waals surface area contributed by atoms with Gasteiger partial charge in [0, 0.05) is 17.3 Å². The molecule has 0 saturated heterocycles. The first-order valence-electron chi connectivity index (χ1n) is 21.0. The Morgan fingerprint density at radius 1 is 0.492 bits per heavy atom. The Morgan fingerprint density at radius 2 is 1.00 bits per heavy atom. The van der Waals surface area contributed by atoms with E-state index in [1.165, 1.54) is 50.1 Å². The Balaban J connectivity index is 1.30. The molecule has 0 aliphatic rings. The number of hydrogen-bond acceptors (Lipinski definition) is 3. The molecule has 296 valence electrons. The molecular formula is C54H54N4O.